The van der Waals surface area contributed by atoms with Gasteiger partial charge in [-0.1, -0.05) is 26.2 Å². The van der Waals surface area contributed by atoms with Gasteiger partial charge in [-0.3, -0.25) is 4.90 Å². The van der Waals surface area contributed by atoms with Gasteiger partial charge in [0, 0.05) is 38.8 Å². The zero-order chi connectivity index (χ0) is 23.4. The van der Waals surface area contributed by atoms with Crippen LogP contribution in [0, 0.1) is 17.8 Å². The molecule has 5 aliphatic rings. The fraction of sp³-hybridized carbons (Fsp3) is 0.880. The molecule has 0 radical (unpaired) electrons. The van der Waals surface area contributed by atoms with E-state index in [0.29, 0.717) is 24.5 Å². The molecule has 4 atom stereocenters. The van der Waals surface area contributed by atoms with Crippen molar-refractivity contribution in [2.24, 2.45) is 28.5 Å². The van der Waals surface area contributed by atoms with E-state index in [-0.39, 0.29) is 11.0 Å². The number of hydroxylamine groups is 1. The Morgan fingerprint density at radius 1 is 1.21 bits per heavy atom. The molecule has 0 aromatic carbocycles. The minimum Gasteiger partial charge on any atom is -0.480 e. The Balaban J connectivity index is 0.000000350. The maximum Gasteiger partial charge on any atom is 0.231 e. The van der Waals surface area contributed by atoms with Crippen molar-refractivity contribution in [1.82, 2.24) is 20.6 Å². The van der Waals surface area contributed by atoms with E-state index in [1.165, 1.54) is 50.9 Å². The smallest absolute Gasteiger partial charge is 0.231 e. The average Bonchev–Trinajstić information content (AvgIpc) is 3.77. The second-order valence-corrected chi connectivity index (χ2v) is 11.0. The summed E-state index contributed by atoms with van der Waals surface area (Å²) in [6.45, 7) is 10.0. The van der Waals surface area contributed by atoms with Crippen LogP contribution in [0.15, 0.2) is 17.1 Å². The number of hydrogen-bond acceptors (Lipinski definition) is 8. The fourth-order valence-corrected chi connectivity index (χ4v) is 5.55. The van der Waals surface area contributed by atoms with E-state index in [1.807, 2.05) is 6.20 Å². The number of nitrogens with two attached hydrogens (primary N) is 1. The van der Waals surface area contributed by atoms with Crippen molar-refractivity contribution in [2.45, 2.75) is 82.8 Å². The standard InChI is InChI=1S/C21H36N4O.C4H10N2O.H2O/c1-15-6-4-5-7-18(15)14-24-10-11-25(13-16(24)2)21-20(17-8-9-17)22-12-19(23-21)26-3;5-3-4(6-7)1-2-4;/h12,15-18,20,22H,4-11,13-14H2,1-3H3;6-7H,1-3,5H2;1H2/t15-,16?,18+,20?;;/m1../s1. The lowest BCUT2D eigenvalue weighted by atomic mass is 9.80. The highest BCUT2D eigenvalue weighted by atomic mass is 16.5. The van der Waals surface area contributed by atoms with Crippen LogP contribution in [0.3, 0.4) is 0 Å². The molecule has 7 N–H and O–H groups in total. The van der Waals surface area contributed by atoms with Crippen molar-refractivity contribution < 1.29 is 15.4 Å². The van der Waals surface area contributed by atoms with Gasteiger partial charge in [-0.05, 0) is 56.8 Å². The summed E-state index contributed by atoms with van der Waals surface area (Å²) in [7, 11) is 1.71. The average molecular weight is 481 g/mol. The fourth-order valence-electron chi connectivity index (χ4n) is 5.55. The number of hydrogen-bond donors (Lipinski definition) is 4. The summed E-state index contributed by atoms with van der Waals surface area (Å²) in [6, 6.07) is 0.975. The van der Waals surface area contributed by atoms with E-state index < -0.39 is 0 Å². The third kappa shape index (κ3) is 6.63. The molecule has 3 aliphatic carbocycles. The SMILES string of the molecule is COC1=CNC(C2CC2)C(N2CCN(C[C@@H]3CCCC[C@H]3C)C(C)C2)=N1.NCC1(NO)CC1.O. The lowest BCUT2D eigenvalue weighted by Crippen LogP contribution is -2.58. The molecule has 0 aromatic heterocycles. The first kappa shape index (κ1) is 27.2. The predicted molar refractivity (Wildman–Crippen MR) is 135 cm³/mol. The summed E-state index contributed by atoms with van der Waals surface area (Å²) >= 11 is 0. The number of rotatable bonds is 6. The minimum atomic E-state index is -0.0833. The molecule has 0 bridgehead atoms. The molecule has 2 aliphatic heterocycles. The molecule has 9 heteroatoms. The van der Waals surface area contributed by atoms with Crippen LogP contribution >= 0.6 is 0 Å². The van der Waals surface area contributed by atoms with Gasteiger partial charge in [0.2, 0.25) is 5.88 Å². The van der Waals surface area contributed by atoms with Crippen LogP contribution < -0.4 is 16.5 Å². The van der Waals surface area contributed by atoms with Crippen molar-refractivity contribution in [3.63, 3.8) is 0 Å². The molecule has 2 unspecified atom stereocenters. The number of aliphatic imine (C=N–C) groups is 1. The monoisotopic (exact) mass is 480 g/mol. The maximum absolute atomic E-state index is 8.33. The Morgan fingerprint density at radius 2 is 1.94 bits per heavy atom. The van der Waals surface area contributed by atoms with E-state index in [2.05, 4.69) is 34.4 Å². The van der Waals surface area contributed by atoms with E-state index in [0.717, 1.165) is 50.2 Å². The molecule has 34 heavy (non-hydrogen) atoms. The highest BCUT2D eigenvalue weighted by Gasteiger charge is 2.41. The van der Waals surface area contributed by atoms with Gasteiger partial charge < -0.3 is 31.4 Å². The first-order valence-electron chi connectivity index (χ1n) is 13.2. The molecule has 0 spiro atoms. The number of piperazine rings is 1. The van der Waals surface area contributed by atoms with E-state index in [4.69, 9.17) is 20.7 Å². The van der Waals surface area contributed by atoms with Crippen LogP contribution in [0.5, 0.6) is 0 Å². The Morgan fingerprint density at radius 3 is 2.47 bits per heavy atom. The molecule has 9 nitrogen and oxygen atoms in total. The summed E-state index contributed by atoms with van der Waals surface area (Å²) in [5.74, 6) is 4.47. The Labute approximate surface area is 205 Å². The molecule has 2 heterocycles. The molecule has 0 amide bonds. The third-order valence-electron chi connectivity index (χ3n) is 8.52. The lowest BCUT2D eigenvalue weighted by Gasteiger charge is -2.45. The van der Waals surface area contributed by atoms with E-state index in [1.54, 1.807) is 7.11 Å². The summed E-state index contributed by atoms with van der Waals surface area (Å²) in [5.41, 5.74) is 7.35. The molecule has 0 aromatic rings. The second kappa shape index (κ2) is 12.0. The summed E-state index contributed by atoms with van der Waals surface area (Å²) in [5, 5.41) is 11.9. The molecular weight excluding hydrogens is 432 g/mol. The second-order valence-electron chi connectivity index (χ2n) is 11.0. The van der Waals surface area contributed by atoms with Gasteiger partial charge in [0.15, 0.2) is 0 Å². The van der Waals surface area contributed by atoms with E-state index >= 15 is 0 Å². The molecular formula is C25H48N6O3. The first-order chi connectivity index (χ1) is 16.0. The van der Waals surface area contributed by atoms with Crippen LogP contribution in [0.25, 0.3) is 0 Å². The number of nitrogens with zero attached hydrogens (tertiary/aromatic N) is 3. The Kier molecular flexibility index (Phi) is 9.63. The maximum atomic E-state index is 8.33. The Hall–Kier alpha value is -1.39. The van der Waals surface area contributed by atoms with Gasteiger partial charge in [0.05, 0.1) is 24.9 Å². The van der Waals surface area contributed by atoms with Crippen molar-refractivity contribution in [3.05, 3.63) is 12.1 Å². The van der Waals surface area contributed by atoms with Crippen LogP contribution in [-0.4, -0.2) is 83.8 Å². The summed E-state index contributed by atoms with van der Waals surface area (Å²) < 4.78 is 5.39. The third-order valence-corrected chi connectivity index (χ3v) is 8.52. The molecule has 4 fully saturated rings. The highest BCUT2D eigenvalue weighted by molar-refractivity contribution is 5.90. The number of amidine groups is 1. The highest BCUT2D eigenvalue weighted by Crippen LogP contribution is 2.36. The van der Waals surface area contributed by atoms with E-state index in [9.17, 15) is 0 Å². The molecule has 3 saturated carbocycles. The van der Waals surface area contributed by atoms with Gasteiger partial charge in [-0.2, -0.15) is 10.5 Å². The number of ether oxygens (including phenoxy) is 1. The van der Waals surface area contributed by atoms with Crippen LogP contribution in [-0.2, 0) is 4.74 Å². The topological polar surface area (TPSA) is 130 Å². The van der Waals surface area contributed by atoms with Gasteiger partial charge in [0.1, 0.15) is 5.84 Å². The molecule has 5 rings (SSSR count). The molecule has 1 saturated heterocycles. The van der Waals surface area contributed by atoms with Gasteiger partial charge in [0.25, 0.3) is 0 Å². The summed E-state index contributed by atoms with van der Waals surface area (Å²) in [6.07, 6.45) is 12.3. The van der Waals surface area contributed by atoms with Crippen LogP contribution in [0.1, 0.15) is 65.2 Å². The van der Waals surface area contributed by atoms with Gasteiger partial charge in [-0.15, -0.1) is 0 Å². The quantitative estimate of drug-likeness (QED) is 0.426. The zero-order valence-corrected chi connectivity index (χ0v) is 21.4. The van der Waals surface area contributed by atoms with Crippen molar-refractivity contribution >= 4 is 5.84 Å². The normalized spacial score (nSPS) is 32.8. The van der Waals surface area contributed by atoms with Gasteiger partial charge in [-0.25, -0.2) is 0 Å². The number of nitrogens with one attached hydrogen (secondary N) is 2. The van der Waals surface area contributed by atoms with Crippen LogP contribution in [0.4, 0.5) is 0 Å². The van der Waals surface area contributed by atoms with Crippen molar-refractivity contribution in [3.8, 4) is 0 Å². The molecule has 196 valence electrons. The van der Waals surface area contributed by atoms with Crippen molar-refractivity contribution in [1.29, 1.82) is 0 Å². The lowest BCUT2D eigenvalue weighted by molar-refractivity contribution is 0.0787. The Bertz CT molecular complexity index is 703. The minimum absolute atomic E-state index is 0. The van der Waals surface area contributed by atoms with Gasteiger partial charge >= 0.3 is 0 Å². The van der Waals surface area contributed by atoms with Crippen LogP contribution in [0.2, 0.25) is 0 Å². The predicted octanol–water partition coefficient (Wildman–Crippen LogP) is 1.68. The largest absolute Gasteiger partial charge is 0.480 e. The zero-order valence-electron chi connectivity index (χ0n) is 21.4. The summed E-state index contributed by atoms with van der Waals surface area (Å²) in [4.78, 5) is 10.1. The first-order valence-corrected chi connectivity index (χ1v) is 13.2. The van der Waals surface area contributed by atoms with Crippen molar-refractivity contribution in [2.75, 3.05) is 39.8 Å². The number of methoxy groups -OCH3 is 1.